The van der Waals surface area contributed by atoms with E-state index < -0.39 is 5.97 Å². The van der Waals surface area contributed by atoms with Gasteiger partial charge in [0.25, 0.3) is 0 Å². The summed E-state index contributed by atoms with van der Waals surface area (Å²) in [7, 11) is 0. The first-order valence-electron chi connectivity index (χ1n) is 11.3. The summed E-state index contributed by atoms with van der Waals surface area (Å²) in [5, 5.41) is 8.60. The van der Waals surface area contributed by atoms with Crippen LogP contribution in [0, 0.1) is 11.8 Å². The number of hydrogen-bond acceptors (Lipinski definition) is 4. The van der Waals surface area contributed by atoms with Gasteiger partial charge in [0.05, 0.1) is 19.3 Å². The Labute approximate surface area is 175 Å². The highest BCUT2D eigenvalue weighted by molar-refractivity contribution is 5.79. The summed E-state index contributed by atoms with van der Waals surface area (Å²) in [6, 6.07) is 0. The van der Waals surface area contributed by atoms with Crippen LogP contribution in [-0.2, 0) is 19.0 Å². The van der Waals surface area contributed by atoms with Gasteiger partial charge in [-0.1, -0.05) is 56.6 Å². The van der Waals surface area contributed by atoms with Gasteiger partial charge in [-0.05, 0) is 44.4 Å². The van der Waals surface area contributed by atoms with Gasteiger partial charge in [-0.2, -0.15) is 0 Å². The summed E-state index contributed by atoms with van der Waals surface area (Å²) in [6.45, 7) is 4.57. The number of carboxylic acids is 1. The van der Waals surface area contributed by atoms with E-state index in [1.165, 1.54) is 31.8 Å². The molecule has 2 heterocycles. The van der Waals surface area contributed by atoms with E-state index in [4.69, 9.17) is 19.3 Å². The lowest BCUT2D eigenvalue weighted by atomic mass is 9.91. The van der Waals surface area contributed by atoms with E-state index in [1.54, 1.807) is 6.08 Å². The van der Waals surface area contributed by atoms with Crippen molar-refractivity contribution in [3.63, 3.8) is 0 Å². The average molecular weight is 407 g/mol. The molecule has 0 bridgehead atoms. The van der Waals surface area contributed by atoms with Gasteiger partial charge < -0.3 is 19.3 Å². The maximum atomic E-state index is 10.5. The largest absolute Gasteiger partial charge is 0.478 e. The molecule has 0 aliphatic carbocycles. The zero-order chi connectivity index (χ0) is 20.7. The van der Waals surface area contributed by atoms with Crippen LogP contribution in [0.15, 0.2) is 36.5 Å². The lowest BCUT2D eigenvalue weighted by Gasteiger charge is -2.26. The van der Waals surface area contributed by atoms with Crippen LogP contribution in [0.3, 0.4) is 0 Å². The van der Waals surface area contributed by atoms with Crippen molar-refractivity contribution in [1.29, 1.82) is 0 Å². The smallest absolute Gasteiger partial charge is 0.327 e. The molecule has 2 aliphatic rings. The van der Waals surface area contributed by atoms with Crippen LogP contribution >= 0.6 is 0 Å². The fraction of sp³-hybridized carbons (Fsp3) is 0.708. The number of unbranched alkanes of at least 4 members (excludes halogenated alkanes) is 2. The summed E-state index contributed by atoms with van der Waals surface area (Å²) in [4.78, 5) is 10.5. The Hall–Kier alpha value is -1.43. The van der Waals surface area contributed by atoms with Crippen LogP contribution in [0.25, 0.3) is 0 Å². The van der Waals surface area contributed by atoms with Crippen molar-refractivity contribution in [1.82, 2.24) is 0 Å². The van der Waals surface area contributed by atoms with E-state index in [-0.39, 0.29) is 12.4 Å². The van der Waals surface area contributed by atoms with E-state index in [9.17, 15) is 4.79 Å². The van der Waals surface area contributed by atoms with Crippen LogP contribution < -0.4 is 0 Å². The number of carbonyl (C=O) groups is 1. The van der Waals surface area contributed by atoms with Crippen molar-refractivity contribution < 1.29 is 24.1 Å². The Morgan fingerprint density at radius 1 is 1.21 bits per heavy atom. The predicted octanol–water partition coefficient (Wildman–Crippen LogP) is 5.27. The van der Waals surface area contributed by atoms with Crippen molar-refractivity contribution >= 4 is 5.97 Å². The molecule has 29 heavy (non-hydrogen) atoms. The molecule has 2 fully saturated rings. The second-order valence-electron chi connectivity index (χ2n) is 8.00. The Morgan fingerprint density at radius 3 is 2.86 bits per heavy atom. The molecule has 2 aliphatic heterocycles. The Bertz CT molecular complexity index is 533. The van der Waals surface area contributed by atoms with E-state index in [2.05, 4.69) is 25.2 Å². The number of aliphatic carboxylic acids is 1. The van der Waals surface area contributed by atoms with Gasteiger partial charge in [-0.3, -0.25) is 0 Å². The van der Waals surface area contributed by atoms with Gasteiger partial charge in [0.1, 0.15) is 0 Å². The van der Waals surface area contributed by atoms with Crippen LogP contribution in [0.1, 0.15) is 64.7 Å². The first-order valence-corrected chi connectivity index (χ1v) is 11.3. The molecule has 164 valence electrons. The van der Waals surface area contributed by atoms with Crippen molar-refractivity contribution in [2.75, 3.05) is 19.8 Å². The standard InChI is InChI=1S/C24H38O5/c1-2-3-6-12-22(29-24-14-9-10-17-28-24)16-15-21-19-27-18-20(21)11-7-4-5-8-13-23(25)26/h4,7-8,13,15-16,20-22,24H,2-3,5-6,9-12,14,17-19H2,1H3,(H,25,26)/t20-,21+,22?,24?/m1/s1. The van der Waals surface area contributed by atoms with Gasteiger partial charge in [0.2, 0.25) is 0 Å². The van der Waals surface area contributed by atoms with E-state index in [0.717, 1.165) is 45.5 Å². The van der Waals surface area contributed by atoms with Gasteiger partial charge in [0.15, 0.2) is 6.29 Å². The fourth-order valence-corrected chi connectivity index (χ4v) is 3.77. The summed E-state index contributed by atoms with van der Waals surface area (Å²) in [5.74, 6) is -0.0333. The molecule has 1 N–H and O–H groups in total. The molecule has 5 nitrogen and oxygen atoms in total. The summed E-state index contributed by atoms with van der Waals surface area (Å²) in [5.41, 5.74) is 0. The predicted molar refractivity (Wildman–Crippen MR) is 115 cm³/mol. The van der Waals surface area contributed by atoms with Gasteiger partial charge in [-0.15, -0.1) is 0 Å². The molecule has 0 aromatic heterocycles. The second kappa shape index (κ2) is 14.5. The maximum Gasteiger partial charge on any atom is 0.327 e. The molecule has 0 aromatic carbocycles. The number of carboxylic acid groups (broad SMARTS) is 1. The minimum absolute atomic E-state index is 0.0579. The maximum absolute atomic E-state index is 10.5. The molecule has 0 saturated carbocycles. The van der Waals surface area contributed by atoms with Crippen LogP contribution in [0.4, 0.5) is 0 Å². The first-order chi connectivity index (χ1) is 14.2. The molecule has 2 rings (SSSR count). The highest BCUT2D eigenvalue weighted by Crippen LogP contribution is 2.27. The SMILES string of the molecule is CCCCCC(C=C[C@H]1COC[C@H]1CC=CCC=CC(=O)O)OC1CCCCO1. The van der Waals surface area contributed by atoms with Crippen molar-refractivity contribution in [2.24, 2.45) is 11.8 Å². The monoisotopic (exact) mass is 406 g/mol. The molecule has 0 aromatic rings. The number of ether oxygens (including phenoxy) is 3. The van der Waals surface area contributed by atoms with Crippen molar-refractivity contribution in [2.45, 2.75) is 77.1 Å². The minimum Gasteiger partial charge on any atom is -0.478 e. The molecule has 0 radical (unpaired) electrons. The quantitative estimate of drug-likeness (QED) is 0.256. The lowest BCUT2D eigenvalue weighted by molar-refractivity contribution is -0.179. The van der Waals surface area contributed by atoms with Crippen LogP contribution in [0.5, 0.6) is 0 Å². The van der Waals surface area contributed by atoms with E-state index in [1.807, 2.05) is 6.08 Å². The average Bonchev–Trinajstić information content (AvgIpc) is 3.16. The highest BCUT2D eigenvalue weighted by Gasteiger charge is 2.25. The third-order valence-electron chi connectivity index (χ3n) is 5.52. The third kappa shape index (κ3) is 10.2. The van der Waals surface area contributed by atoms with Crippen LogP contribution in [-0.4, -0.2) is 43.3 Å². The Morgan fingerprint density at radius 2 is 2.10 bits per heavy atom. The third-order valence-corrected chi connectivity index (χ3v) is 5.52. The summed E-state index contributed by atoms with van der Waals surface area (Å²) >= 11 is 0. The first kappa shape index (κ1) is 23.8. The zero-order valence-electron chi connectivity index (χ0n) is 17.8. The Balaban J connectivity index is 1.82. The fourth-order valence-electron chi connectivity index (χ4n) is 3.77. The Kier molecular flexibility index (Phi) is 12.0. The molecule has 0 spiro atoms. The van der Waals surface area contributed by atoms with Crippen molar-refractivity contribution in [3.05, 3.63) is 36.5 Å². The number of allylic oxidation sites excluding steroid dienone is 3. The van der Waals surface area contributed by atoms with E-state index >= 15 is 0 Å². The second-order valence-corrected chi connectivity index (χ2v) is 8.00. The lowest BCUT2D eigenvalue weighted by Crippen LogP contribution is -2.27. The van der Waals surface area contributed by atoms with E-state index in [0.29, 0.717) is 18.3 Å². The molecule has 0 amide bonds. The molecular formula is C24H38O5. The zero-order valence-corrected chi connectivity index (χ0v) is 17.8. The highest BCUT2D eigenvalue weighted by atomic mass is 16.7. The van der Waals surface area contributed by atoms with Crippen LogP contribution in [0.2, 0.25) is 0 Å². The van der Waals surface area contributed by atoms with Gasteiger partial charge in [-0.25, -0.2) is 4.79 Å². The topological polar surface area (TPSA) is 65.0 Å². The molecule has 4 atom stereocenters. The van der Waals surface area contributed by atoms with Crippen molar-refractivity contribution in [3.8, 4) is 0 Å². The summed E-state index contributed by atoms with van der Waals surface area (Å²) < 4.78 is 17.8. The number of hydrogen-bond donors (Lipinski definition) is 1. The molecule has 2 unspecified atom stereocenters. The molecule has 2 saturated heterocycles. The van der Waals surface area contributed by atoms with Gasteiger partial charge in [0, 0.05) is 18.6 Å². The number of rotatable bonds is 13. The minimum atomic E-state index is -0.901. The summed E-state index contributed by atoms with van der Waals surface area (Å²) in [6.07, 6.45) is 21.1. The molecular weight excluding hydrogens is 368 g/mol. The molecule has 5 heteroatoms. The van der Waals surface area contributed by atoms with Gasteiger partial charge >= 0.3 is 5.97 Å². The normalized spacial score (nSPS) is 26.7.